The molecule has 0 saturated carbocycles. The number of rotatable bonds is 12. The second-order valence-corrected chi connectivity index (χ2v) is 13.6. The van der Waals surface area contributed by atoms with E-state index in [0.29, 0.717) is 74.7 Å². The fraction of sp³-hybridized carbons (Fsp3) is 0.588. The van der Waals surface area contributed by atoms with Crippen LogP contribution >= 0.6 is 11.6 Å². The number of aromatic nitrogens is 4. The maximum atomic E-state index is 14.5. The van der Waals surface area contributed by atoms with Gasteiger partial charge in [-0.3, -0.25) is 14.4 Å². The Hall–Kier alpha value is -3.48. The van der Waals surface area contributed by atoms with Gasteiger partial charge in [-0.1, -0.05) is 24.6 Å². The van der Waals surface area contributed by atoms with Crippen molar-refractivity contribution in [2.45, 2.75) is 83.3 Å². The molecule has 2 aromatic heterocycles. The van der Waals surface area contributed by atoms with Gasteiger partial charge in [-0.05, 0) is 68.8 Å². The molecule has 3 aliphatic rings. The topological polar surface area (TPSA) is 115 Å². The second-order valence-electron chi connectivity index (χ2n) is 13.2. The van der Waals surface area contributed by atoms with E-state index in [4.69, 9.17) is 36.8 Å². The molecule has 6 rings (SSSR count). The summed E-state index contributed by atoms with van der Waals surface area (Å²) in [7, 11) is 3.46. The summed E-state index contributed by atoms with van der Waals surface area (Å²) in [6.45, 7) is 6.64. The number of alkyl halides is 1. The Balaban J connectivity index is 1.24. The number of hydrogen-bond acceptors (Lipinski definition) is 9. The summed E-state index contributed by atoms with van der Waals surface area (Å²) in [5.41, 5.74) is 10.4. The Morgan fingerprint density at radius 2 is 2.04 bits per heavy atom. The first-order chi connectivity index (χ1) is 22.7. The van der Waals surface area contributed by atoms with Crippen LogP contribution in [0.4, 0.5) is 15.9 Å². The molecule has 3 aliphatic heterocycles. The maximum Gasteiger partial charge on any atom is 0.318 e. The van der Waals surface area contributed by atoms with Gasteiger partial charge in [0.25, 0.3) is 5.91 Å². The molecular weight excluding hydrogens is 623 g/mol. The van der Waals surface area contributed by atoms with Gasteiger partial charge in [0.2, 0.25) is 0 Å². The molecule has 0 bridgehead atoms. The molecule has 11 nitrogen and oxygen atoms in total. The standard InChI is InChI=1S/C34H46ClFN8O3/c1-4-29-27(21-46-15-5-8-23-9-10-25(37)16-28(23)35)31(39-33(38-29)47-22-34-11-6-13-43(34)19-24(36)18-34)42-12-7-14-44-26(20-42)17-30(40-44)32(45)41(2)3/h9-10,16-17,24H,4-8,11-15,18-22,37H2,1-3H3/t24-,34?/m1/s1. The molecule has 0 spiro atoms. The molecule has 0 radical (unpaired) electrons. The molecule has 2 fully saturated rings. The van der Waals surface area contributed by atoms with Crippen molar-refractivity contribution in [3.63, 3.8) is 0 Å². The average Bonchev–Trinajstić information content (AvgIpc) is 3.67. The van der Waals surface area contributed by atoms with Gasteiger partial charge >= 0.3 is 6.01 Å². The summed E-state index contributed by atoms with van der Waals surface area (Å²) in [6, 6.07) is 7.78. The molecule has 2 N–H and O–H groups in total. The molecule has 1 unspecified atom stereocenters. The van der Waals surface area contributed by atoms with Crippen molar-refractivity contribution in [3.8, 4) is 6.01 Å². The van der Waals surface area contributed by atoms with E-state index in [1.807, 2.05) is 22.9 Å². The second kappa shape index (κ2) is 14.3. The number of benzene rings is 1. The number of nitrogens with zero attached hydrogens (tertiary/aromatic N) is 7. The minimum Gasteiger partial charge on any atom is -0.461 e. The molecule has 1 aromatic carbocycles. The van der Waals surface area contributed by atoms with Crippen LogP contribution in [0.2, 0.25) is 5.02 Å². The molecule has 1 amide bonds. The van der Waals surface area contributed by atoms with Crippen LogP contribution in [0.15, 0.2) is 24.3 Å². The van der Waals surface area contributed by atoms with Crippen molar-refractivity contribution in [2.75, 3.05) is 57.6 Å². The van der Waals surface area contributed by atoms with Crippen LogP contribution in [0.1, 0.15) is 72.0 Å². The minimum atomic E-state index is -0.830. The van der Waals surface area contributed by atoms with Crippen molar-refractivity contribution >= 4 is 29.0 Å². The zero-order chi connectivity index (χ0) is 33.1. The van der Waals surface area contributed by atoms with Gasteiger partial charge in [0.1, 0.15) is 18.6 Å². The summed E-state index contributed by atoms with van der Waals surface area (Å²) in [5, 5.41) is 5.28. The SMILES string of the molecule is CCc1nc(OCC23CCCN2C[C@H](F)C3)nc(N2CCCn3nc(C(=O)N(C)C)cc3C2)c1COCCCc1ccc(N)cc1Cl. The van der Waals surface area contributed by atoms with E-state index < -0.39 is 6.17 Å². The average molecular weight is 669 g/mol. The Labute approximate surface area is 281 Å². The number of anilines is 2. The number of nitrogen functional groups attached to an aromatic ring is 1. The summed E-state index contributed by atoms with van der Waals surface area (Å²) in [5.74, 6) is 0.638. The highest BCUT2D eigenvalue weighted by atomic mass is 35.5. The van der Waals surface area contributed by atoms with Crippen LogP contribution in [-0.2, 0) is 37.3 Å². The number of carbonyl (C=O) groups excluding carboxylic acids is 1. The number of fused-ring (bicyclic) bond motifs is 2. The molecule has 254 valence electrons. The lowest BCUT2D eigenvalue weighted by molar-refractivity contribution is 0.0821. The number of halogens is 2. The number of ether oxygens (including phenoxy) is 2. The van der Waals surface area contributed by atoms with Crippen molar-refractivity contribution in [1.29, 1.82) is 0 Å². The third kappa shape index (κ3) is 7.34. The highest BCUT2D eigenvalue weighted by Crippen LogP contribution is 2.40. The number of amides is 1. The molecule has 0 aliphatic carbocycles. The van der Waals surface area contributed by atoms with E-state index in [0.717, 1.165) is 73.5 Å². The minimum absolute atomic E-state index is 0.125. The van der Waals surface area contributed by atoms with Gasteiger partial charge in [-0.2, -0.15) is 15.1 Å². The summed E-state index contributed by atoms with van der Waals surface area (Å²) >= 11 is 6.38. The molecule has 2 saturated heterocycles. The van der Waals surface area contributed by atoms with Crippen molar-refractivity contribution in [2.24, 2.45) is 0 Å². The maximum absolute atomic E-state index is 14.5. The molecule has 2 atom stereocenters. The van der Waals surface area contributed by atoms with Crippen molar-refractivity contribution < 1.29 is 18.7 Å². The van der Waals surface area contributed by atoms with Crippen LogP contribution in [0.3, 0.4) is 0 Å². The smallest absolute Gasteiger partial charge is 0.318 e. The Morgan fingerprint density at radius 3 is 2.83 bits per heavy atom. The van der Waals surface area contributed by atoms with E-state index in [1.165, 1.54) is 0 Å². The summed E-state index contributed by atoms with van der Waals surface area (Å²) in [6.07, 6.45) is 4.68. The number of nitrogens with two attached hydrogens (primary N) is 1. The van der Waals surface area contributed by atoms with Gasteiger partial charge < -0.3 is 25.0 Å². The third-order valence-electron chi connectivity index (χ3n) is 9.61. The molecule has 47 heavy (non-hydrogen) atoms. The normalized spacial score (nSPS) is 21.0. The number of hydrogen-bond donors (Lipinski definition) is 1. The lowest BCUT2D eigenvalue weighted by Gasteiger charge is -2.31. The first-order valence-corrected chi connectivity index (χ1v) is 17.1. The lowest BCUT2D eigenvalue weighted by Crippen LogP contribution is -2.43. The van der Waals surface area contributed by atoms with E-state index >= 15 is 0 Å². The number of aryl methyl sites for hydroxylation is 3. The largest absolute Gasteiger partial charge is 0.461 e. The highest BCUT2D eigenvalue weighted by Gasteiger charge is 2.49. The third-order valence-corrected chi connectivity index (χ3v) is 9.97. The quantitative estimate of drug-likeness (QED) is 0.217. The van der Waals surface area contributed by atoms with E-state index in [-0.39, 0.29) is 11.4 Å². The summed E-state index contributed by atoms with van der Waals surface area (Å²) < 4.78 is 29.0. The fourth-order valence-corrected chi connectivity index (χ4v) is 7.47. The summed E-state index contributed by atoms with van der Waals surface area (Å²) in [4.78, 5) is 28.6. The van der Waals surface area contributed by atoms with E-state index in [9.17, 15) is 9.18 Å². The molecule has 13 heteroatoms. The van der Waals surface area contributed by atoms with Gasteiger partial charge in [-0.25, -0.2) is 4.39 Å². The van der Waals surface area contributed by atoms with Crippen LogP contribution in [0.25, 0.3) is 0 Å². The van der Waals surface area contributed by atoms with Crippen LogP contribution in [0, 0.1) is 0 Å². The van der Waals surface area contributed by atoms with E-state index in [1.54, 1.807) is 25.1 Å². The fourth-order valence-electron chi connectivity index (χ4n) is 7.19. The number of carbonyl (C=O) groups is 1. The lowest BCUT2D eigenvalue weighted by atomic mass is 9.95. The van der Waals surface area contributed by atoms with Gasteiger partial charge in [0, 0.05) is 63.0 Å². The van der Waals surface area contributed by atoms with Crippen LogP contribution < -0.4 is 15.4 Å². The van der Waals surface area contributed by atoms with Crippen LogP contribution in [0.5, 0.6) is 6.01 Å². The Morgan fingerprint density at radius 1 is 1.19 bits per heavy atom. The monoisotopic (exact) mass is 668 g/mol. The van der Waals surface area contributed by atoms with Crippen molar-refractivity contribution in [1.82, 2.24) is 29.5 Å². The van der Waals surface area contributed by atoms with E-state index in [2.05, 4.69) is 21.8 Å². The first kappa shape index (κ1) is 33.4. The highest BCUT2D eigenvalue weighted by molar-refractivity contribution is 6.31. The predicted octanol–water partition coefficient (Wildman–Crippen LogP) is 4.69. The molecule has 3 aromatic rings. The zero-order valence-electron chi connectivity index (χ0n) is 27.7. The first-order valence-electron chi connectivity index (χ1n) is 16.7. The Kier molecular flexibility index (Phi) is 10.2. The molecule has 5 heterocycles. The Bertz CT molecular complexity index is 1580. The van der Waals surface area contributed by atoms with Crippen LogP contribution in [-0.4, -0.2) is 94.1 Å². The zero-order valence-corrected chi connectivity index (χ0v) is 28.4. The van der Waals surface area contributed by atoms with Crippen molar-refractivity contribution in [3.05, 3.63) is 57.5 Å². The van der Waals surface area contributed by atoms with Gasteiger partial charge in [-0.15, -0.1) is 0 Å². The predicted molar refractivity (Wildman–Crippen MR) is 180 cm³/mol. The molecular formula is C34H46ClFN8O3. The van der Waals surface area contributed by atoms with Gasteiger partial charge in [0.05, 0.1) is 30.1 Å². The van der Waals surface area contributed by atoms with Gasteiger partial charge in [0.15, 0.2) is 5.69 Å².